The van der Waals surface area contributed by atoms with Crippen molar-refractivity contribution in [1.82, 2.24) is 5.43 Å². The third-order valence-electron chi connectivity index (χ3n) is 3.50. The second-order valence-electron chi connectivity index (χ2n) is 5.44. The summed E-state index contributed by atoms with van der Waals surface area (Å²) in [6.07, 6.45) is 10.6. The molecule has 1 N–H and O–H groups in total. The van der Waals surface area contributed by atoms with Crippen molar-refractivity contribution in [2.75, 3.05) is 7.11 Å². The second-order valence-corrected chi connectivity index (χ2v) is 5.44. The third kappa shape index (κ3) is 8.45. The molecule has 0 bridgehead atoms. The van der Waals surface area contributed by atoms with Gasteiger partial charge in [0.2, 0.25) is 5.91 Å². The minimum atomic E-state index is -0.0206. The van der Waals surface area contributed by atoms with Crippen LogP contribution in [0.1, 0.15) is 63.9 Å². The first-order chi connectivity index (χ1) is 10.8. The van der Waals surface area contributed by atoms with Gasteiger partial charge in [0.05, 0.1) is 13.3 Å². The molecular formula is C18H28N2O2. The highest BCUT2D eigenvalue weighted by molar-refractivity contribution is 5.82. The van der Waals surface area contributed by atoms with E-state index in [0.29, 0.717) is 6.42 Å². The molecule has 0 spiro atoms. The average Bonchev–Trinajstić information content (AvgIpc) is 2.54. The van der Waals surface area contributed by atoms with Gasteiger partial charge in [-0.1, -0.05) is 57.6 Å². The lowest BCUT2D eigenvalue weighted by Gasteiger charge is -2.02. The first kappa shape index (κ1) is 18.2. The molecule has 122 valence electrons. The smallest absolute Gasteiger partial charge is 0.240 e. The minimum absolute atomic E-state index is 0.0206. The van der Waals surface area contributed by atoms with Crippen molar-refractivity contribution in [3.63, 3.8) is 0 Å². The quantitative estimate of drug-likeness (QED) is 0.377. The zero-order valence-electron chi connectivity index (χ0n) is 13.8. The molecular weight excluding hydrogens is 276 g/mol. The Morgan fingerprint density at radius 2 is 1.91 bits per heavy atom. The fourth-order valence-corrected chi connectivity index (χ4v) is 2.20. The van der Waals surface area contributed by atoms with Gasteiger partial charge in [-0.15, -0.1) is 0 Å². The van der Waals surface area contributed by atoms with Gasteiger partial charge in [-0.25, -0.2) is 5.43 Å². The molecule has 0 aliphatic rings. The predicted octanol–water partition coefficient (Wildman–Crippen LogP) is 4.29. The summed E-state index contributed by atoms with van der Waals surface area (Å²) in [5.74, 6) is 0.756. The van der Waals surface area contributed by atoms with E-state index in [4.69, 9.17) is 4.74 Å². The number of unbranched alkanes of at least 4 members (excludes halogenated alkanes) is 6. The minimum Gasteiger partial charge on any atom is -0.497 e. The van der Waals surface area contributed by atoms with Crippen molar-refractivity contribution in [1.29, 1.82) is 0 Å². The van der Waals surface area contributed by atoms with Crippen molar-refractivity contribution in [2.45, 2.75) is 58.3 Å². The number of carbonyl (C=O) groups excluding carboxylic acids is 1. The molecule has 4 heteroatoms. The number of carbonyl (C=O) groups is 1. The van der Waals surface area contributed by atoms with Crippen LogP contribution in [-0.2, 0) is 4.79 Å². The maximum atomic E-state index is 11.6. The standard InChI is InChI=1S/C18H28N2O2/c1-3-4-5-6-7-8-9-13-18(21)20-19-15-16-11-10-12-17(14-16)22-2/h10-12,14-15H,3-9,13H2,1-2H3,(H,20,21)/b19-15+. The van der Waals surface area contributed by atoms with Crippen LogP contribution in [0.2, 0.25) is 0 Å². The Hall–Kier alpha value is -1.84. The molecule has 22 heavy (non-hydrogen) atoms. The summed E-state index contributed by atoms with van der Waals surface area (Å²) in [7, 11) is 1.63. The molecule has 0 atom stereocenters. The van der Waals surface area contributed by atoms with E-state index >= 15 is 0 Å². The second kappa shape index (κ2) is 11.8. The van der Waals surface area contributed by atoms with Crippen LogP contribution >= 0.6 is 0 Å². The number of hydrogen-bond donors (Lipinski definition) is 1. The third-order valence-corrected chi connectivity index (χ3v) is 3.50. The number of nitrogens with zero attached hydrogens (tertiary/aromatic N) is 1. The van der Waals surface area contributed by atoms with E-state index in [1.807, 2.05) is 24.3 Å². The molecule has 1 aromatic carbocycles. The van der Waals surface area contributed by atoms with Crippen molar-refractivity contribution in [2.24, 2.45) is 5.10 Å². The van der Waals surface area contributed by atoms with Gasteiger partial charge in [-0.3, -0.25) is 4.79 Å². The Bertz CT molecular complexity index is 458. The molecule has 4 nitrogen and oxygen atoms in total. The average molecular weight is 304 g/mol. The first-order valence-corrected chi connectivity index (χ1v) is 8.22. The van der Waals surface area contributed by atoms with Crippen molar-refractivity contribution in [3.8, 4) is 5.75 Å². The van der Waals surface area contributed by atoms with E-state index < -0.39 is 0 Å². The largest absolute Gasteiger partial charge is 0.497 e. The lowest BCUT2D eigenvalue weighted by atomic mass is 10.1. The summed E-state index contributed by atoms with van der Waals surface area (Å²) >= 11 is 0. The van der Waals surface area contributed by atoms with Crippen molar-refractivity contribution in [3.05, 3.63) is 29.8 Å². The van der Waals surface area contributed by atoms with Gasteiger partial charge in [0, 0.05) is 6.42 Å². The highest BCUT2D eigenvalue weighted by Crippen LogP contribution is 2.11. The summed E-state index contributed by atoms with van der Waals surface area (Å²) in [6, 6.07) is 7.54. The van der Waals surface area contributed by atoms with E-state index in [1.165, 1.54) is 32.1 Å². The van der Waals surface area contributed by atoms with E-state index in [2.05, 4.69) is 17.5 Å². The fraction of sp³-hybridized carbons (Fsp3) is 0.556. The molecule has 1 amide bonds. The number of hydrazone groups is 1. The first-order valence-electron chi connectivity index (χ1n) is 8.22. The molecule has 0 aliphatic heterocycles. The normalized spacial score (nSPS) is 10.8. The number of benzene rings is 1. The summed E-state index contributed by atoms with van der Waals surface area (Å²) in [5.41, 5.74) is 3.47. The van der Waals surface area contributed by atoms with Gasteiger partial charge < -0.3 is 4.74 Å². The summed E-state index contributed by atoms with van der Waals surface area (Å²) < 4.78 is 5.13. The van der Waals surface area contributed by atoms with Gasteiger partial charge >= 0.3 is 0 Å². The summed E-state index contributed by atoms with van der Waals surface area (Å²) in [4.78, 5) is 11.6. The Balaban J connectivity index is 2.13. The van der Waals surface area contributed by atoms with Crippen molar-refractivity contribution < 1.29 is 9.53 Å². The van der Waals surface area contributed by atoms with E-state index in [1.54, 1.807) is 13.3 Å². The Labute approximate surface area is 134 Å². The molecule has 0 unspecified atom stereocenters. The topological polar surface area (TPSA) is 50.7 Å². The molecule has 0 aliphatic carbocycles. The molecule has 0 fully saturated rings. The fourth-order valence-electron chi connectivity index (χ4n) is 2.20. The number of rotatable bonds is 11. The SMILES string of the molecule is CCCCCCCCCC(=O)N/N=C/c1cccc(OC)c1. The van der Waals surface area contributed by atoms with Crippen LogP contribution in [-0.4, -0.2) is 19.2 Å². The number of methoxy groups -OCH3 is 1. The maximum Gasteiger partial charge on any atom is 0.240 e. The summed E-state index contributed by atoms with van der Waals surface area (Å²) in [6.45, 7) is 2.22. The number of ether oxygens (including phenoxy) is 1. The van der Waals surface area contributed by atoms with Gasteiger partial charge in [0.25, 0.3) is 0 Å². The zero-order chi connectivity index (χ0) is 16.0. The Morgan fingerprint density at radius 3 is 2.64 bits per heavy atom. The van der Waals surface area contributed by atoms with Crippen LogP contribution in [0.3, 0.4) is 0 Å². The molecule has 0 saturated heterocycles. The van der Waals surface area contributed by atoms with Gasteiger partial charge in [0.15, 0.2) is 0 Å². The lowest BCUT2D eigenvalue weighted by molar-refractivity contribution is -0.121. The summed E-state index contributed by atoms with van der Waals surface area (Å²) in [5, 5.41) is 3.98. The zero-order valence-corrected chi connectivity index (χ0v) is 13.8. The van der Waals surface area contributed by atoms with Crippen LogP contribution in [0.25, 0.3) is 0 Å². The Kier molecular flexibility index (Phi) is 9.75. The highest BCUT2D eigenvalue weighted by Gasteiger charge is 1.99. The highest BCUT2D eigenvalue weighted by atomic mass is 16.5. The maximum absolute atomic E-state index is 11.6. The molecule has 0 heterocycles. The lowest BCUT2D eigenvalue weighted by Crippen LogP contribution is -2.16. The van der Waals surface area contributed by atoms with Gasteiger partial charge in [0.1, 0.15) is 5.75 Å². The van der Waals surface area contributed by atoms with Gasteiger partial charge in [-0.2, -0.15) is 5.10 Å². The molecule has 0 radical (unpaired) electrons. The monoisotopic (exact) mass is 304 g/mol. The molecule has 0 aromatic heterocycles. The van der Waals surface area contributed by atoms with E-state index in [-0.39, 0.29) is 5.91 Å². The van der Waals surface area contributed by atoms with Gasteiger partial charge in [-0.05, 0) is 24.1 Å². The molecule has 0 saturated carbocycles. The molecule has 1 aromatic rings. The van der Waals surface area contributed by atoms with E-state index in [9.17, 15) is 4.79 Å². The Morgan fingerprint density at radius 1 is 1.18 bits per heavy atom. The van der Waals surface area contributed by atoms with Crippen LogP contribution in [0.5, 0.6) is 5.75 Å². The van der Waals surface area contributed by atoms with Crippen molar-refractivity contribution >= 4 is 12.1 Å². The van der Waals surface area contributed by atoms with E-state index in [0.717, 1.165) is 24.2 Å². The number of nitrogens with one attached hydrogen (secondary N) is 1. The number of amides is 1. The molecule has 1 rings (SSSR count). The van der Waals surface area contributed by atoms with Crippen LogP contribution in [0.4, 0.5) is 0 Å². The number of hydrogen-bond acceptors (Lipinski definition) is 3. The predicted molar refractivity (Wildman–Crippen MR) is 91.3 cm³/mol. The van der Waals surface area contributed by atoms with Crippen LogP contribution in [0, 0.1) is 0 Å². The van der Waals surface area contributed by atoms with Crippen LogP contribution in [0.15, 0.2) is 29.4 Å². The van der Waals surface area contributed by atoms with Crippen LogP contribution < -0.4 is 10.2 Å².